The van der Waals surface area contributed by atoms with Gasteiger partial charge in [0.15, 0.2) is 5.82 Å². The Hall–Kier alpha value is -1.10. The third kappa shape index (κ3) is 0.760. The molecule has 0 bridgehead atoms. The van der Waals surface area contributed by atoms with E-state index in [1.807, 2.05) is 0 Å². The number of nitrogens with zero attached hydrogens (tertiary/aromatic N) is 2. The lowest BCUT2D eigenvalue weighted by Crippen LogP contribution is -1.86. The summed E-state index contributed by atoms with van der Waals surface area (Å²) in [6.07, 6.45) is 0. The highest BCUT2D eigenvalue weighted by atomic mass is 16.5. The zero-order valence-corrected chi connectivity index (χ0v) is 4.03. The average Bonchev–Trinajstić information content (AvgIpc) is 2.14. The van der Waals surface area contributed by atoms with Gasteiger partial charge in [0, 0.05) is 0 Å². The van der Waals surface area contributed by atoms with Gasteiger partial charge in [-0.05, 0) is 0 Å². The maximum absolute atomic E-state index is 8.31. The topological polar surface area (TPSA) is 85.2 Å². The van der Waals surface area contributed by atoms with Crippen molar-refractivity contribution in [2.75, 3.05) is 5.73 Å². The summed E-state index contributed by atoms with van der Waals surface area (Å²) in [5.41, 5.74) is 5.00. The van der Waals surface area contributed by atoms with Crippen molar-refractivity contribution in [3.8, 4) is 0 Å². The van der Waals surface area contributed by atoms with Crippen molar-refractivity contribution in [3.05, 3.63) is 5.82 Å². The third-order valence-corrected chi connectivity index (χ3v) is 0.625. The van der Waals surface area contributed by atoms with E-state index in [2.05, 4.69) is 14.7 Å². The van der Waals surface area contributed by atoms with Crippen molar-refractivity contribution in [2.45, 2.75) is 6.61 Å². The minimum absolute atomic E-state index is 0.0194. The Labute approximate surface area is 45.1 Å². The average molecular weight is 115 g/mol. The first-order valence-corrected chi connectivity index (χ1v) is 2.02. The number of anilines is 1. The van der Waals surface area contributed by atoms with Crippen molar-refractivity contribution in [3.63, 3.8) is 0 Å². The van der Waals surface area contributed by atoms with E-state index in [1.165, 1.54) is 0 Å². The molecule has 1 aromatic heterocycles. The number of nitrogen functional groups attached to an aromatic ring is 1. The molecule has 0 unspecified atom stereocenters. The van der Waals surface area contributed by atoms with Gasteiger partial charge in [-0.3, -0.25) is 0 Å². The maximum Gasteiger partial charge on any atom is 0.318 e. The largest absolute Gasteiger partial charge is 0.388 e. The van der Waals surface area contributed by atoms with Gasteiger partial charge in [0.2, 0.25) is 0 Å². The molecule has 0 saturated carbocycles. The lowest BCUT2D eigenvalue weighted by Gasteiger charge is -1.73. The fraction of sp³-hybridized carbons (Fsp3) is 0.333. The van der Waals surface area contributed by atoms with Crippen LogP contribution in [0, 0.1) is 0 Å². The van der Waals surface area contributed by atoms with Crippen LogP contribution >= 0.6 is 0 Å². The van der Waals surface area contributed by atoms with Gasteiger partial charge < -0.3 is 15.4 Å². The molecule has 0 atom stereocenters. The predicted molar refractivity (Wildman–Crippen MR) is 24.6 cm³/mol. The van der Waals surface area contributed by atoms with Gasteiger partial charge in [0.25, 0.3) is 0 Å². The van der Waals surface area contributed by atoms with E-state index < -0.39 is 0 Å². The summed E-state index contributed by atoms with van der Waals surface area (Å²) < 4.78 is 4.31. The Morgan fingerprint density at radius 2 is 2.50 bits per heavy atom. The fourth-order valence-electron chi connectivity index (χ4n) is 0.332. The van der Waals surface area contributed by atoms with Crippen molar-refractivity contribution in [1.82, 2.24) is 10.1 Å². The Balaban J connectivity index is 2.84. The molecule has 0 amide bonds. The first kappa shape index (κ1) is 5.04. The number of aromatic nitrogens is 2. The van der Waals surface area contributed by atoms with Crippen molar-refractivity contribution in [1.29, 1.82) is 0 Å². The normalized spacial score (nSPS) is 9.62. The molecule has 0 aliphatic carbocycles. The summed E-state index contributed by atoms with van der Waals surface area (Å²) in [6.45, 7) is -0.235. The quantitative estimate of drug-likeness (QED) is 0.497. The van der Waals surface area contributed by atoms with Gasteiger partial charge in [0.1, 0.15) is 6.61 Å². The Morgan fingerprint density at radius 3 is 2.75 bits per heavy atom. The first-order chi connectivity index (χ1) is 3.83. The number of aliphatic hydroxyl groups excluding tert-OH is 1. The molecule has 0 radical (unpaired) electrons. The van der Waals surface area contributed by atoms with E-state index in [9.17, 15) is 0 Å². The lowest BCUT2D eigenvalue weighted by atomic mass is 10.7. The summed E-state index contributed by atoms with van der Waals surface area (Å²) in [5, 5.41) is 11.6. The second kappa shape index (κ2) is 1.79. The van der Waals surface area contributed by atoms with Crippen LogP contribution in [0.5, 0.6) is 0 Å². The number of aliphatic hydroxyl groups is 1. The van der Waals surface area contributed by atoms with Gasteiger partial charge in [-0.25, -0.2) is 0 Å². The molecule has 0 aromatic carbocycles. The van der Waals surface area contributed by atoms with Gasteiger partial charge in [-0.15, -0.1) is 0 Å². The minimum atomic E-state index is -0.235. The van der Waals surface area contributed by atoms with Crippen LogP contribution in [0.3, 0.4) is 0 Å². The highest BCUT2D eigenvalue weighted by molar-refractivity contribution is 5.06. The Morgan fingerprint density at radius 1 is 1.75 bits per heavy atom. The number of hydrogen-bond acceptors (Lipinski definition) is 5. The molecule has 1 heterocycles. The second-order valence-corrected chi connectivity index (χ2v) is 1.21. The van der Waals surface area contributed by atoms with Crippen molar-refractivity contribution in [2.24, 2.45) is 0 Å². The van der Waals surface area contributed by atoms with Gasteiger partial charge >= 0.3 is 6.01 Å². The lowest BCUT2D eigenvalue weighted by molar-refractivity contribution is 0.264. The summed E-state index contributed by atoms with van der Waals surface area (Å²) in [4.78, 5) is 3.48. The monoisotopic (exact) mass is 115 g/mol. The Bertz CT molecular complexity index is 173. The van der Waals surface area contributed by atoms with E-state index >= 15 is 0 Å². The van der Waals surface area contributed by atoms with Crippen LogP contribution < -0.4 is 5.73 Å². The molecule has 3 N–H and O–H groups in total. The van der Waals surface area contributed by atoms with E-state index in [-0.39, 0.29) is 18.4 Å². The van der Waals surface area contributed by atoms with Gasteiger partial charge in [0.05, 0.1) is 0 Å². The minimum Gasteiger partial charge on any atom is -0.388 e. The molecular formula is C3H5N3O2. The standard InChI is InChI=1S/C3H5N3O2/c4-3-5-2(1-7)6-8-3/h7H,1H2,(H2,4,5,6). The summed E-state index contributed by atoms with van der Waals surface area (Å²) in [5.74, 6) is 0.211. The third-order valence-electron chi connectivity index (χ3n) is 0.625. The van der Waals surface area contributed by atoms with E-state index in [1.54, 1.807) is 0 Å². The molecule has 0 saturated heterocycles. The van der Waals surface area contributed by atoms with E-state index in [4.69, 9.17) is 10.8 Å². The van der Waals surface area contributed by atoms with Crippen LogP contribution in [-0.2, 0) is 6.61 Å². The molecule has 5 nitrogen and oxygen atoms in total. The molecule has 1 rings (SSSR count). The van der Waals surface area contributed by atoms with Crippen LogP contribution in [0.15, 0.2) is 4.52 Å². The highest BCUT2D eigenvalue weighted by Gasteiger charge is 1.97. The first-order valence-electron chi connectivity index (χ1n) is 2.02. The van der Waals surface area contributed by atoms with E-state index in [0.29, 0.717) is 0 Å². The summed E-state index contributed by atoms with van der Waals surface area (Å²) in [7, 11) is 0. The van der Waals surface area contributed by atoms with Gasteiger partial charge in [-0.1, -0.05) is 5.16 Å². The molecule has 0 aliphatic heterocycles. The molecule has 0 fully saturated rings. The fourth-order valence-corrected chi connectivity index (χ4v) is 0.332. The molecule has 8 heavy (non-hydrogen) atoms. The van der Waals surface area contributed by atoms with Crippen molar-refractivity contribution >= 4 is 6.01 Å². The zero-order chi connectivity index (χ0) is 5.98. The number of rotatable bonds is 1. The second-order valence-electron chi connectivity index (χ2n) is 1.21. The zero-order valence-electron chi connectivity index (χ0n) is 4.03. The van der Waals surface area contributed by atoms with Crippen LogP contribution in [0.2, 0.25) is 0 Å². The maximum atomic E-state index is 8.31. The predicted octanol–water partition coefficient (Wildman–Crippen LogP) is -0.856. The van der Waals surface area contributed by atoms with Crippen molar-refractivity contribution < 1.29 is 9.63 Å². The van der Waals surface area contributed by atoms with Gasteiger partial charge in [-0.2, -0.15) is 4.98 Å². The molecule has 44 valence electrons. The Kier molecular flexibility index (Phi) is 1.13. The molecule has 5 heteroatoms. The molecule has 1 aromatic rings. The van der Waals surface area contributed by atoms with Crippen LogP contribution in [0.1, 0.15) is 5.82 Å². The summed E-state index contributed by atoms with van der Waals surface area (Å²) >= 11 is 0. The van der Waals surface area contributed by atoms with Crippen LogP contribution in [0.4, 0.5) is 6.01 Å². The SMILES string of the molecule is Nc1nc(CO)no1. The van der Waals surface area contributed by atoms with E-state index in [0.717, 1.165) is 0 Å². The van der Waals surface area contributed by atoms with Crippen LogP contribution in [-0.4, -0.2) is 15.2 Å². The number of hydrogen-bond donors (Lipinski definition) is 2. The molecule has 0 spiro atoms. The molecule has 0 aliphatic rings. The molecular weight excluding hydrogens is 110 g/mol. The smallest absolute Gasteiger partial charge is 0.318 e. The highest BCUT2D eigenvalue weighted by Crippen LogP contribution is 1.95. The number of nitrogens with two attached hydrogens (primary N) is 1. The summed E-state index contributed by atoms with van der Waals surface area (Å²) in [6, 6.07) is -0.0194. The van der Waals surface area contributed by atoms with Crippen LogP contribution in [0.25, 0.3) is 0 Å².